The molecule has 0 aromatic carbocycles. The maximum absolute atomic E-state index is 9.93. The Hall–Kier alpha value is -0.930. The Bertz CT molecular complexity index is 323. The van der Waals surface area contributed by atoms with E-state index in [-0.39, 0.29) is 6.10 Å². The monoisotopic (exact) mass is 248 g/mol. The Morgan fingerprint density at radius 3 is 2.94 bits per heavy atom. The third kappa shape index (κ3) is 4.75. The molecule has 1 fully saturated rings. The molecule has 3 heteroatoms. The van der Waals surface area contributed by atoms with Gasteiger partial charge in [-0.1, -0.05) is 31.7 Å². The lowest BCUT2D eigenvalue weighted by Gasteiger charge is -2.15. The summed E-state index contributed by atoms with van der Waals surface area (Å²) in [7, 11) is 0. The summed E-state index contributed by atoms with van der Waals surface area (Å²) in [6.07, 6.45) is 10.8. The Labute approximate surface area is 110 Å². The highest BCUT2D eigenvalue weighted by Gasteiger charge is 2.18. The summed E-state index contributed by atoms with van der Waals surface area (Å²) in [6.45, 7) is 1.63. The van der Waals surface area contributed by atoms with Crippen LogP contribution in [0.15, 0.2) is 24.5 Å². The van der Waals surface area contributed by atoms with Crippen LogP contribution in [0.5, 0.6) is 0 Å². The van der Waals surface area contributed by atoms with Gasteiger partial charge in [-0.25, -0.2) is 0 Å². The number of nitrogens with one attached hydrogen (secondary N) is 1. The van der Waals surface area contributed by atoms with Crippen molar-refractivity contribution in [2.24, 2.45) is 5.92 Å². The van der Waals surface area contributed by atoms with E-state index in [1.807, 2.05) is 12.3 Å². The summed E-state index contributed by atoms with van der Waals surface area (Å²) in [5.74, 6) is 0.764. The maximum Gasteiger partial charge on any atom is 0.0667 e. The van der Waals surface area contributed by atoms with Crippen LogP contribution in [0.4, 0.5) is 0 Å². The Kier molecular flexibility index (Phi) is 5.62. The fraction of sp³-hybridized carbons (Fsp3) is 0.667. The first-order chi connectivity index (χ1) is 8.84. The number of hydrogen-bond donors (Lipinski definition) is 2. The van der Waals surface area contributed by atoms with Crippen LogP contribution in [0.2, 0.25) is 0 Å². The van der Waals surface area contributed by atoms with E-state index in [9.17, 15) is 5.11 Å². The third-order valence-electron chi connectivity index (χ3n) is 3.77. The first kappa shape index (κ1) is 13.5. The lowest BCUT2D eigenvalue weighted by molar-refractivity contribution is 0.141. The van der Waals surface area contributed by atoms with E-state index in [1.165, 1.54) is 31.2 Å². The van der Waals surface area contributed by atoms with E-state index in [1.54, 1.807) is 6.20 Å². The standard InChI is InChI=1S/C15H24N2O/c18-15(10-13-4-1-2-5-13)12-17-9-7-14-6-3-8-16-11-14/h3,6,8,11,13,15,17-18H,1-2,4-5,7,9-10,12H2. The molecule has 1 aliphatic rings. The molecule has 3 nitrogen and oxygen atoms in total. The molecule has 0 saturated heterocycles. The highest BCUT2D eigenvalue weighted by Crippen LogP contribution is 2.28. The number of aromatic nitrogens is 1. The number of aliphatic hydroxyl groups is 1. The fourth-order valence-electron chi connectivity index (χ4n) is 2.76. The minimum absolute atomic E-state index is 0.179. The number of pyridine rings is 1. The summed E-state index contributed by atoms with van der Waals surface area (Å²) in [5.41, 5.74) is 1.25. The molecule has 1 atom stereocenters. The molecule has 0 bridgehead atoms. The molecule has 0 radical (unpaired) electrons. The average molecular weight is 248 g/mol. The average Bonchev–Trinajstić information content (AvgIpc) is 2.89. The number of aliphatic hydroxyl groups excluding tert-OH is 1. The Morgan fingerprint density at radius 1 is 1.39 bits per heavy atom. The van der Waals surface area contributed by atoms with Gasteiger partial charge in [-0.15, -0.1) is 0 Å². The zero-order valence-corrected chi connectivity index (χ0v) is 11.0. The van der Waals surface area contributed by atoms with Crippen molar-refractivity contribution in [3.8, 4) is 0 Å². The van der Waals surface area contributed by atoms with Crippen molar-refractivity contribution >= 4 is 0 Å². The number of rotatable bonds is 7. The van der Waals surface area contributed by atoms with Gasteiger partial charge in [0.15, 0.2) is 0 Å². The molecule has 100 valence electrons. The van der Waals surface area contributed by atoms with Crippen molar-refractivity contribution < 1.29 is 5.11 Å². The van der Waals surface area contributed by atoms with Crippen LogP contribution in [0.25, 0.3) is 0 Å². The van der Waals surface area contributed by atoms with Gasteiger partial charge >= 0.3 is 0 Å². The lowest BCUT2D eigenvalue weighted by atomic mass is 10.00. The zero-order chi connectivity index (χ0) is 12.6. The highest BCUT2D eigenvalue weighted by atomic mass is 16.3. The second-order valence-corrected chi connectivity index (χ2v) is 5.36. The van der Waals surface area contributed by atoms with E-state index in [2.05, 4.69) is 16.4 Å². The van der Waals surface area contributed by atoms with Crippen LogP contribution in [-0.2, 0) is 6.42 Å². The molecular weight excluding hydrogens is 224 g/mol. The van der Waals surface area contributed by atoms with Crippen molar-refractivity contribution in [3.63, 3.8) is 0 Å². The number of nitrogens with zero attached hydrogens (tertiary/aromatic N) is 1. The topological polar surface area (TPSA) is 45.1 Å². The summed E-state index contributed by atoms with van der Waals surface area (Å²) in [4.78, 5) is 4.09. The second kappa shape index (κ2) is 7.49. The molecule has 1 aromatic rings. The van der Waals surface area contributed by atoms with Gasteiger partial charge in [0.1, 0.15) is 0 Å². The minimum atomic E-state index is -0.179. The molecule has 1 heterocycles. The minimum Gasteiger partial charge on any atom is -0.392 e. The van der Waals surface area contributed by atoms with E-state index in [4.69, 9.17) is 0 Å². The van der Waals surface area contributed by atoms with Crippen molar-refractivity contribution in [1.82, 2.24) is 10.3 Å². The predicted molar refractivity (Wildman–Crippen MR) is 73.4 cm³/mol. The van der Waals surface area contributed by atoms with Gasteiger partial charge in [-0.3, -0.25) is 4.98 Å². The quantitative estimate of drug-likeness (QED) is 0.727. The maximum atomic E-state index is 9.93. The van der Waals surface area contributed by atoms with Crippen molar-refractivity contribution in [2.75, 3.05) is 13.1 Å². The van der Waals surface area contributed by atoms with Crippen molar-refractivity contribution in [3.05, 3.63) is 30.1 Å². The van der Waals surface area contributed by atoms with Gasteiger partial charge in [0.05, 0.1) is 6.10 Å². The highest BCUT2D eigenvalue weighted by molar-refractivity contribution is 5.08. The van der Waals surface area contributed by atoms with Crippen LogP contribution in [0, 0.1) is 5.92 Å². The van der Waals surface area contributed by atoms with Crippen molar-refractivity contribution in [2.45, 2.75) is 44.6 Å². The van der Waals surface area contributed by atoms with Gasteiger partial charge < -0.3 is 10.4 Å². The van der Waals surface area contributed by atoms with Gasteiger partial charge in [0, 0.05) is 18.9 Å². The Balaban J connectivity index is 1.54. The van der Waals surface area contributed by atoms with Crippen LogP contribution < -0.4 is 5.32 Å². The Morgan fingerprint density at radius 2 is 2.22 bits per heavy atom. The third-order valence-corrected chi connectivity index (χ3v) is 3.77. The molecule has 1 unspecified atom stereocenters. The summed E-state index contributed by atoms with van der Waals surface area (Å²) in [6, 6.07) is 4.05. The predicted octanol–water partition coefficient (Wildman–Crippen LogP) is 2.15. The second-order valence-electron chi connectivity index (χ2n) is 5.36. The molecule has 1 aliphatic carbocycles. The molecule has 2 N–H and O–H groups in total. The largest absolute Gasteiger partial charge is 0.392 e. The summed E-state index contributed by atoms with van der Waals surface area (Å²) >= 11 is 0. The molecule has 2 rings (SSSR count). The van der Waals surface area contributed by atoms with E-state index in [0.29, 0.717) is 0 Å². The van der Waals surface area contributed by atoms with Crippen LogP contribution in [0.1, 0.15) is 37.7 Å². The van der Waals surface area contributed by atoms with Crippen LogP contribution in [0.3, 0.4) is 0 Å². The first-order valence-corrected chi connectivity index (χ1v) is 7.12. The van der Waals surface area contributed by atoms with Crippen LogP contribution >= 0.6 is 0 Å². The van der Waals surface area contributed by atoms with Crippen LogP contribution in [-0.4, -0.2) is 29.3 Å². The summed E-state index contributed by atoms with van der Waals surface area (Å²) < 4.78 is 0. The molecule has 0 spiro atoms. The SMILES string of the molecule is OC(CNCCc1cccnc1)CC1CCCC1. The molecule has 1 saturated carbocycles. The van der Waals surface area contributed by atoms with E-state index in [0.717, 1.165) is 31.8 Å². The van der Waals surface area contributed by atoms with Gasteiger partial charge in [-0.05, 0) is 36.9 Å². The summed E-state index contributed by atoms with van der Waals surface area (Å²) in [5, 5.41) is 13.3. The lowest BCUT2D eigenvalue weighted by Crippen LogP contribution is -2.29. The smallest absolute Gasteiger partial charge is 0.0667 e. The normalized spacial score (nSPS) is 18.1. The molecule has 0 amide bonds. The molecule has 18 heavy (non-hydrogen) atoms. The van der Waals surface area contributed by atoms with Gasteiger partial charge in [0.2, 0.25) is 0 Å². The van der Waals surface area contributed by atoms with E-state index < -0.39 is 0 Å². The number of hydrogen-bond acceptors (Lipinski definition) is 3. The first-order valence-electron chi connectivity index (χ1n) is 7.12. The zero-order valence-electron chi connectivity index (χ0n) is 11.0. The molecular formula is C15H24N2O. The van der Waals surface area contributed by atoms with Crippen molar-refractivity contribution in [1.29, 1.82) is 0 Å². The van der Waals surface area contributed by atoms with Gasteiger partial charge in [0.25, 0.3) is 0 Å². The van der Waals surface area contributed by atoms with Gasteiger partial charge in [-0.2, -0.15) is 0 Å². The van der Waals surface area contributed by atoms with E-state index >= 15 is 0 Å². The molecule has 0 aliphatic heterocycles. The fourth-order valence-corrected chi connectivity index (χ4v) is 2.76. The molecule has 1 aromatic heterocycles.